The zero-order valence-corrected chi connectivity index (χ0v) is 9.76. The van der Waals surface area contributed by atoms with Gasteiger partial charge in [0.2, 0.25) is 5.91 Å². The Labute approximate surface area is 98.4 Å². The predicted octanol–water partition coefficient (Wildman–Crippen LogP) is 1.12. The van der Waals surface area contributed by atoms with E-state index in [4.69, 9.17) is 5.73 Å². The van der Waals surface area contributed by atoms with Gasteiger partial charge in [-0.1, -0.05) is 0 Å². The molecular formula is C11H15F2N3O. The number of nitrogens with two attached hydrogens (primary N) is 1. The Morgan fingerprint density at radius 1 is 1.41 bits per heavy atom. The summed E-state index contributed by atoms with van der Waals surface area (Å²) in [5.74, 6) is -2.06. The SMILES string of the molecule is CNC(=O)CCN(C)c1cc(F)c(F)cc1N. The minimum atomic E-state index is -0.981. The Morgan fingerprint density at radius 2 is 2.00 bits per heavy atom. The molecule has 0 bridgehead atoms. The van der Waals surface area contributed by atoms with Crippen molar-refractivity contribution in [1.82, 2.24) is 5.32 Å². The number of anilines is 2. The van der Waals surface area contributed by atoms with Crippen LogP contribution >= 0.6 is 0 Å². The Bertz CT molecular complexity index is 423. The number of nitrogens with zero attached hydrogens (tertiary/aromatic N) is 1. The number of hydrogen-bond acceptors (Lipinski definition) is 3. The van der Waals surface area contributed by atoms with Crippen LogP contribution in [0.1, 0.15) is 6.42 Å². The van der Waals surface area contributed by atoms with Gasteiger partial charge < -0.3 is 16.0 Å². The standard InChI is InChI=1S/C11H15F2N3O/c1-15-11(17)3-4-16(2)10-6-8(13)7(12)5-9(10)14/h5-6H,3-4,14H2,1-2H3,(H,15,17). The molecule has 0 radical (unpaired) electrons. The monoisotopic (exact) mass is 243 g/mol. The lowest BCUT2D eigenvalue weighted by Crippen LogP contribution is -2.27. The second kappa shape index (κ2) is 5.47. The highest BCUT2D eigenvalue weighted by atomic mass is 19.2. The third kappa shape index (κ3) is 3.30. The van der Waals surface area contributed by atoms with E-state index in [0.717, 1.165) is 12.1 Å². The van der Waals surface area contributed by atoms with Gasteiger partial charge in [0.1, 0.15) is 0 Å². The Kier molecular flexibility index (Phi) is 4.25. The van der Waals surface area contributed by atoms with Gasteiger partial charge >= 0.3 is 0 Å². The van der Waals surface area contributed by atoms with Gasteiger partial charge in [0.05, 0.1) is 11.4 Å². The van der Waals surface area contributed by atoms with Crippen molar-refractivity contribution >= 4 is 17.3 Å². The van der Waals surface area contributed by atoms with Gasteiger partial charge in [-0.15, -0.1) is 0 Å². The second-order valence-corrected chi connectivity index (χ2v) is 3.67. The molecule has 0 saturated heterocycles. The van der Waals surface area contributed by atoms with Gasteiger partial charge in [-0.25, -0.2) is 8.78 Å². The van der Waals surface area contributed by atoms with Crippen LogP contribution in [0.2, 0.25) is 0 Å². The summed E-state index contributed by atoms with van der Waals surface area (Å²) in [6, 6.07) is 1.95. The first-order valence-corrected chi connectivity index (χ1v) is 5.12. The number of nitrogens with one attached hydrogen (secondary N) is 1. The molecular weight excluding hydrogens is 228 g/mol. The summed E-state index contributed by atoms with van der Waals surface area (Å²) in [6.45, 7) is 0.370. The molecule has 0 aromatic heterocycles. The molecule has 94 valence electrons. The molecule has 0 saturated carbocycles. The summed E-state index contributed by atoms with van der Waals surface area (Å²) in [5.41, 5.74) is 6.09. The maximum atomic E-state index is 13.0. The molecule has 1 rings (SSSR count). The zero-order valence-electron chi connectivity index (χ0n) is 9.76. The van der Waals surface area contributed by atoms with Crippen LogP contribution in [0.15, 0.2) is 12.1 Å². The second-order valence-electron chi connectivity index (χ2n) is 3.67. The molecule has 0 aliphatic carbocycles. The predicted molar refractivity (Wildman–Crippen MR) is 62.7 cm³/mol. The Morgan fingerprint density at radius 3 is 2.59 bits per heavy atom. The number of rotatable bonds is 4. The average Bonchev–Trinajstić information content (AvgIpc) is 2.30. The highest BCUT2D eigenvalue weighted by Crippen LogP contribution is 2.25. The first-order chi connectivity index (χ1) is 7.95. The number of carbonyl (C=O) groups excluding carboxylic acids is 1. The fourth-order valence-electron chi connectivity index (χ4n) is 1.40. The molecule has 0 heterocycles. The average molecular weight is 243 g/mol. The van der Waals surface area contributed by atoms with E-state index in [1.165, 1.54) is 7.05 Å². The van der Waals surface area contributed by atoms with Crippen LogP contribution < -0.4 is 16.0 Å². The molecule has 1 amide bonds. The number of halogens is 2. The summed E-state index contributed by atoms with van der Waals surface area (Å²) in [6.07, 6.45) is 0.255. The summed E-state index contributed by atoms with van der Waals surface area (Å²) in [5, 5.41) is 2.48. The van der Waals surface area contributed by atoms with Crippen molar-refractivity contribution in [2.24, 2.45) is 0 Å². The van der Waals surface area contributed by atoms with Crippen molar-refractivity contribution in [3.05, 3.63) is 23.8 Å². The lowest BCUT2D eigenvalue weighted by molar-refractivity contribution is -0.120. The third-order valence-corrected chi connectivity index (χ3v) is 2.43. The van der Waals surface area contributed by atoms with Crippen molar-refractivity contribution in [3.63, 3.8) is 0 Å². The Hall–Kier alpha value is -1.85. The highest BCUT2D eigenvalue weighted by molar-refractivity contribution is 5.76. The van der Waals surface area contributed by atoms with E-state index in [1.54, 1.807) is 11.9 Å². The van der Waals surface area contributed by atoms with Crippen LogP contribution in [0.5, 0.6) is 0 Å². The van der Waals surface area contributed by atoms with Crippen molar-refractivity contribution < 1.29 is 13.6 Å². The van der Waals surface area contributed by atoms with E-state index in [2.05, 4.69) is 5.32 Å². The summed E-state index contributed by atoms with van der Waals surface area (Å²) in [7, 11) is 3.19. The summed E-state index contributed by atoms with van der Waals surface area (Å²) in [4.78, 5) is 12.7. The van der Waals surface area contributed by atoms with Crippen LogP contribution in [-0.4, -0.2) is 26.5 Å². The Balaban J connectivity index is 2.78. The van der Waals surface area contributed by atoms with Crippen molar-refractivity contribution in [2.45, 2.75) is 6.42 Å². The lowest BCUT2D eigenvalue weighted by atomic mass is 10.2. The first-order valence-electron chi connectivity index (χ1n) is 5.12. The van der Waals surface area contributed by atoms with E-state index in [1.807, 2.05) is 0 Å². The van der Waals surface area contributed by atoms with Crippen molar-refractivity contribution in [2.75, 3.05) is 31.3 Å². The molecule has 17 heavy (non-hydrogen) atoms. The molecule has 0 aliphatic heterocycles. The van der Waals surface area contributed by atoms with Crippen LogP contribution in [0.4, 0.5) is 20.2 Å². The molecule has 0 aliphatic rings. The molecule has 1 aromatic rings. The lowest BCUT2D eigenvalue weighted by Gasteiger charge is -2.20. The van der Waals surface area contributed by atoms with Crippen LogP contribution in [0, 0.1) is 11.6 Å². The zero-order chi connectivity index (χ0) is 13.0. The molecule has 0 spiro atoms. The molecule has 0 unspecified atom stereocenters. The third-order valence-electron chi connectivity index (χ3n) is 2.43. The quantitative estimate of drug-likeness (QED) is 0.779. The first kappa shape index (κ1) is 13.2. The normalized spacial score (nSPS) is 10.1. The van der Waals surface area contributed by atoms with Crippen molar-refractivity contribution in [1.29, 1.82) is 0 Å². The van der Waals surface area contributed by atoms with E-state index in [0.29, 0.717) is 12.2 Å². The van der Waals surface area contributed by atoms with Crippen LogP contribution in [-0.2, 0) is 4.79 Å². The van der Waals surface area contributed by atoms with Gasteiger partial charge in [-0.05, 0) is 0 Å². The van der Waals surface area contributed by atoms with E-state index < -0.39 is 11.6 Å². The minimum absolute atomic E-state index is 0.127. The van der Waals surface area contributed by atoms with E-state index >= 15 is 0 Å². The van der Waals surface area contributed by atoms with Gasteiger partial charge in [-0.2, -0.15) is 0 Å². The molecule has 6 heteroatoms. The van der Waals surface area contributed by atoms with Crippen LogP contribution in [0.25, 0.3) is 0 Å². The number of benzene rings is 1. The summed E-state index contributed by atoms with van der Waals surface area (Å²) < 4.78 is 25.9. The number of carbonyl (C=O) groups is 1. The van der Waals surface area contributed by atoms with Gasteiger partial charge in [-0.3, -0.25) is 4.79 Å². The maximum Gasteiger partial charge on any atom is 0.221 e. The van der Waals surface area contributed by atoms with E-state index in [9.17, 15) is 13.6 Å². The van der Waals surface area contributed by atoms with Crippen LogP contribution in [0.3, 0.4) is 0 Å². The molecule has 4 nitrogen and oxygen atoms in total. The maximum absolute atomic E-state index is 13.0. The molecule has 1 aromatic carbocycles. The number of nitrogen functional groups attached to an aromatic ring is 1. The number of amides is 1. The summed E-state index contributed by atoms with van der Waals surface area (Å²) >= 11 is 0. The van der Waals surface area contributed by atoms with E-state index in [-0.39, 0.29) is 18.0 Å². The molecule has 0 fully saturated rings. The minimum Gasteiger partial charge on any atom is -0.397 e. The van der Waals surface area contributed by atoms with Gasteiger partial charge in [0, 0.05) is 39.2 Å². The smallest absolute Gasteiger partial charge is 0.221 e. The topological polar surface area (TPSA) is 58.4 Å². The number of hydrogen-bond donors (Lipinski definition) is 2. The van der Waals surface area contributed by atoms with Crippen molar-refractivity contribution in [3.8, 4) is 0 Å². The fraction of sp³-hybridized carbons (Fsp3) is 0.364. The fourth-order valence-corrected chi connectivity index (χ4v) is 1.40. The highest BCUT2D eigenvalue weighted by Gasteiger charge is 2.11. The molecule has 0 atom stereocenters. The van der Waals surface area contributed by atoms with Gasteiger partial charge in [0.25, 0.3) is 0 Å². The van der Waals surface area contributed by atoms with Gasteiger partial charge in [0.15, 0.2) is 11.6 Å². The molecule has 3 N–H and O–H groups in total. The largest absolute Gasteiger partial charge is 0.397 e.